The highest BCUT2D eigenvalue weighted by molar-refractivity contribution is 5.83. The average Bonchev–Trinajstić information content (AvgIpc) is 3.05. The summed E-state index contributed by atoms with van der Waals surface area (Å²) in [6, 6.07) is 11.4. The van der Waals surface area contributed by atoms with Gasteiger partial charge in [-0.15, -0.1) is 0 Å². The molecule has 4 fully saturated rings. The van der Waals surface area contributed by atoms with Crippen molar-refractivity contribution < 1.29 is 4.79 Å². The third kappa shape index (κ3) is 2.84. The van der Waals surface area contributed by atoms with Gasteiger partial charge < -0.3 is 10.6 Å². The fourth-order valence-corrected chi connectivity index (χ4v) is 7.78. The molecule has 152 valence electrons. The smallest absolute Gasteiger partial charge is 0.228 e. The third-order valence-corrected chi connectivity index (χ3v) is 8.63. The molecule has 1 aliphatic heterocycles. The Hall–Kier alpha value is -1.35. The van der Waals surface area contributed by atoms with Crippen molar-refractivity contribution in [3.8, 4) is 0 Å². The van der Waals surface area contributed by atoms with E-state index in [1.54, 1.807) is 0 Å². The molecular weight excluding hydrogens is 344 g/mol. The van der Waals surface area contributed by atoms with E-state index in [4.69, 9.17) is 5.73 Å². The minimum Gasteiger partial charge on any atom is -0.342 e. The number of rotatable bonds is 2. The Morgan fingerprint density at radius 3 is 2.39 bits per heavy atom. The number of nitrogens with zero attached hydrogens (tertiary/aromatic N) is 1. The quantitative estimate of drug-likeness (QED) is 0.821. The van der Waals surface area contributed by atoms with Crippen LogP contribution in [0, 0.1) is 22.2 Å². The summed E-state index contributed by atoms with van der Waals surface area (Å²) in [4.78, 5) is 16.0. The predicted molar refractivity (Wildman–Crippen MR) is 113 cm³/mol. The molecule has 1 amide bonds. The minimum absolute atomic E-state index is 0.143. The lowest BCUT2D eigenvalue weighted by molar-refractivity contribution is -0.148. The lowest BCUT2D eigenvalue weighted by Gasteiger charge is -2.57. The number of benzene rings is 1. The number of nitrogens with two attached hydrogens (primary N) is 1. The summed E-state index contributed by atoms with van der Waals surface area (Å²) in [6.07, 6.45) is 7.96. The van der Waals surface area contributed by atoms with Gasteiger partial charge in [0.25, 0.3) is 0 Å². The molecule has 1 aromatic rings. The maximum absolute atomic E-state index is 13.8. The fraction of sp³-hybridized carbons (Fsp3) is 0.720. The van der Waals surface area contributed by atoms with E-state index in [1.807, 2.05) is 0 Å². The van der Waals surface area contributed by atoms with Crippen LogP contribution in [0.4, 0.5) is 0 Å². The summed E-state index contributed by atoms with van der Waals surface area (Å²) in [5.74, 6) is 1.06. The molecule has 1 saturated heterocycles. The largest absolute Gasteiger partial charge is 0.342 e. The topological polar surface area (TPSA) is 46.3 Å². The summed E-state index contributed by atoms with van der Waals surface area (Å²) in [7, 11) is 0. The van der Waals surface area contributed by atoms with Gasteiger partial charge in [0.1, 0.15) is 0 Å². The van der Waals surface area contributed by atoms with Crippen molar-refractivity contribution in [2.45, 2.75) is 77.2 Å². The van der Waals surface area contributed by atoms with Crippen LogP contribution < -0.4 is 5.73 Å². The van der Waals surface area contributed by atoms with Crippen molar-refractivity contribution in [2.24, 2.45) is 27.9 Å². The van der Waals surface area contributed by atoms with Gasteiger partial charge >= 0.3 is 0 Å². The lowest BCUT2D eigenvalue weighted by atomic mass is 9.47. The average molecular weight is 381 g/mol. The Labute approximate surface area is 170 Å². The van der Waals surface area contributed by atoms with Crippen LogP contribution >= 0.6 is 0 Å². The molecule has 1 aromatic carbocycles. The molecule has 0 aromatic heterocycles. The van der Waals surface area contributed by atoms with Gasteiger partial charge in [0.05, 0.1) is 0 Å². The summed E-state index contributed by atoms with van der Waals surface area (Å²) >= 11 is 0. The maximum Gasteiger partial charge on any atom is 0.228 e. The first-order chi connectivity index (χ1) is 13.2. The zero-order chi connectivity index (χ0) is 19.8. The second-order valence-corrected chi connectivity index (χ2v) is 11.9. The van der Waals surface area contributed by atoms with Gasteiger partial charge in [-0.2, -0.15) is 0 Å². The van der Waals surface area contributed by atoms with Crippen molar-refractivity contribution in [3.05, 3.63) is 35.9 Å². The number of amides is 1. The molecular formula is C25H36N2O. The van der Waals surface area contributed by atoms with Gasteiger partial charge in [-0.25, -0.2) is 0 Å². The van der Waals surface area contributed by atoms with Crippen molar-refractivity contribution in [1.29, 1.82) is 0 Å². The minimum atomic E-state index is -0.236. The molecule has 3 aliphatic carbocycles. The van der Waals surface area contributed by atoms with Gasteiger partial charge in [0.15, 0.2) is 0 Å². The van der Waals surface area contributed by atoms with E-state index in [9.17, 15) is 4.79 Å². The Balaban J connectivity index is 1.46. The Morgan fingerprint density at radius 2 is 1.75 bits per heavy atom. The van der Waals surface area contributed by atoms with E-state index in [2.05, 4.69) is 56.0 Å². The Kier molecular flexibility index (Phi) is 3.89. The first kappa shape index (κ1) is 18.7. The number of fused-ring (bicyclic) bond motifs is 2. The van der Waals surface area contributed by atoms with Gasteiger partial charge in [0.2, 0.25) is 5.91 Å². The van der Waals surface area contributed by atoms with E-state index >= 15 is 0 Å². The van der Waals surface area contributed by atoms with Crippen LogP contribution in [0.15, 0.2) is 30.3 Å². The first-order valence-electron chi connectivity index (χ1n) is 11.3. The highest BCUT2D eigenvalue weighted by Gasteiger charge is 2.60. The van der Waals surface area contributed by atoms with Crippen molar-refractivity contribution in [3.63, 3.8) is 0 Å². The number of hydrogen-bond donors (Lipinski definition) is 1. The summed E-state index contributed by atoms with van der Waals surface area (Å²) in [5, 5.41) is 0. The van der Waals surface area contributed by atoms with Crippen molar-refractivity contribution >= 4 is 5.91 Å². The first-order valence-corrected chi connectivity index (χ1v) is 11.3. The monoisotopic (exact) mass is 380 g/mol. The van der Waals surface area contributed by atoms with E-state index in [0.29, 0.717) is 23.3 Å². The second kappa shape index (κ2) is 5.84. The number of carbonyl (C=O) groups is 1. The zero-order valence-corrected chi connectivity index (χ0v) is 17.8. The molecule has 3 nitrogen and oxygen atoms in total. The molecule has 5 unspecified atom stereocenters. The van der Waals surface area contributed by atoms with Crippen LogP contribution in [0.2, 0.25) is 0 Å². The molecule has 1 spiro atoms. The molecule has 1 heterocycles. The van der Waals surface area contributed by atoms with Gasteiger partial charge in [0, 0.05) is 30.0 Å². The lowest BCUT2D eigenvalue weighted by Crippen LogP contribution is -2.54. The number of hydrogen-bond acceptors (Lipinski definition) is 2. The summed E-state index contributed by atoms with van der Waals surface area (Å²) in [5.41, 5.74) is 8.17. The Bertz CT molecular complexity index is 789. The van der Waals surface area contributed by atoms with E-state index in [0.717, 1.165) is 38.8 Å². The molecule has 3 saturated carbocycles. The molecule has 3 heteroatoms. The fourth-order valence-electron chi connectivity index (χ4n) is 7.78. The van der Waals surface area contributed by atoms with Gasteiger partial charge in [-0.3, -0.25) is 4.79 Å². The summed E-state index contributed by atoms with van der Waals surface area (Å²) < 4.78 is 0. The van der Waals surface area contributed by atoms with Crippen molar-refractivity contribution in [2.75, 3.05) is 13.1 Å². The standard InChI is InChI=1S/C25H36N2O/c1-22(2)11-18-12-23(3,21(28)27-10-9-24(17-27)14-20(24)26)16-25(13-18,15-22)19-7-5-4-6-8-19/h4-8,18,20H,9-17,26H2,1-3H3. The van der Waals surface area contributed by atoms with Crippen LogP contribution in [0.1, 0.15) is 71.3 Å². The second-order valence-electron chi connectivity index (χ2n) is 11.9. The van der Waals surface area contributed by atoms with Crippen LogP contribution in [-0.2, 0) is 10.2 Å². The van der Waals surface area contributed by atoms with Crippen molar-refractivity contribution in [1.82, 2.24) is 4.90 Å². The number of likely N-dealkylation sites (tertiary alicyclic amines) is 1. The van der Waals surface area contributed by atoms with Crippen LogP contribution in [0.5, 0.6) is 0 Å². The highest BCUT2D eigenvalue weighted by atomic mass is 16.2. The molecule has 2 bridgehead atoms. The van der Waals surface area contributed by atoms with Crippen LogP contribution in [0.25, 0.3) is 0 Å². The maximum atomic E-state index is 13.8. The normalized spacial score (nSPS) is 43.9. The van der Waals surface area contributed by atoms with E-state index in [1.165, 1.54) is 24.8 Å². The highest BCUT2D eigenvalue weighted by Crippen LogP contribution is 2.62. The zero-order valence-electron chi connectivity index (χ0n) is 17.8. The van der Waals surface area contributed by atoms with E-state index < -0.39 is 0 Å². The molecule has 28 heavy (non-hydrogen) atoms. The molecule has 2 N–H and O–H groups in total. The predicted octanol–water partition coefficient (Wildman–Crippen LogP) is 4.50. The molecule has 5 rings (SSSR count). The van der Waals surface area contributed by atoms with Gasteiger partial charge in [-0.1, -0.05) is 51.1 Å². The molecule has 5 atom stereocenters. The van der Waals surface area contributed by atoms with E-state index in [-0.39, 0.29) is 16.2 Å². The van der Waals surface area contributed by atoms with Gasteiger partial charge in [-0.05, 0) is 67.3 Å². The summed E-state index contributed by atoms with van der Waals surface area (Å²) in [6.45, 7) is 8.95. The third-order valence-electron chi connectivity index (χ3n) is 8.63. The molecule has 4 aliphatic rings. The Morgan fingerprint density at radius 1 is 1.04 bits per heavy atom. The van der Waals surface area contributed by atoms with Crippen LogP contribution in [0.3, 0.4) is 0 Å². The SMILES string of the molecule is CC1(C)CC2CC(C)(C(=O)N3CCC4(CC4N)C3)CC(c3ccccc3)(C2)C1. The number of carbonyl (C=O) groups excluding carboxylic acids is 1. The molecule has 0 radical (unpaired) electrons. The van der Waals surface area contributed by atoms with Crippen LogP contribution in [-0.4, -0.2) is 29.9 Å².